The molecule has 0 saturated heterocycles. The van der Waals surface area contributed by atoms with Crippen molar-refractivity contribution in [3.8, 4) is 0 Å². The summed E-state index contributed by atoms with van der Waals surface area (Å²) in [5, 5.41) is 0. The molecule has 0 heterocycles. The van der Waals surface area contributed by atoms with Crippen LogP contribution in [0.1, 0.15) is 20.3 Å². The summed E-state index contributed by atoms with van der Waals surface area (Å²) in [4.78, 5) is 24.4. The maximum Gasteiger partial charge on any atom is 0.313 e. The molecule has 0 bridgehead atoms. The van der Waals surface area contributed by atoms with Crippen LogP contribution >= 0.6 is 0 Å². The van der Waals surface area contributed by atoms with E-state index in [1.165, 1.54) is 0 Å². The topological polar surface area (TPSA) is 55.8 Å². The second-order valence-corrected chi connectivity index (χ2v) is 3.74. The molecule has 94 valence electrons. The zero-order valence-corrected chi connectivity index (χ0v) is 10.5. The largest absolute Gasteiger partial charge is 0.466 e. The van der Waals surface area contributed by atoms with Crippen molar-refractivity contribution in [2.45, 2.75) is 26.3 Å². The van der Waals surface area contributed by atoms with Crippen LogP contribution in [0.3, 0.4) is 0 Å². The van der Waals surface area contributed by atoms with Crippen molar-refractivity contribution in [3.63, 3.8) is 0 Å². The number of esters is 1. The Morgan fingerprint density at radius 1 is 1.38 bits per heavy atom. The molecule has 1 unspecified atom stereocenters. The number of likely N-dealkylation sites (N-methyl/N-ethyl adjacent to an activating group) is 1. The van der Waals surface area contributed by atoms with Crippen molar-refractivity contribution < 1.29 is 19.1 Å². The predicted molar refractivity (Wildman–Crippen MR) is 60.2 cm³/mol. The van der Waals surface area contributed by atoms with Gasteiger partial charge >= 0.3 is 5.97 Å². The molecule has 0 saturated carbocycles. The Labute approximate surface area is 96.7 Å². The zero-order chi connectivity index (χ0) is 12.6. The fourth-order valence-electron chi connectivity index (χ4n) is 1.23. The number of nitrogens with zero attached hydrogens (tertiary/aromatic N) is 1. The van der Waals surface area contributed by atoms with Crippen LogP contribution in [0.15, 0.2) is 0 Å². The van der Waals surface area contributed by atoms with Crippen molar-refractivity contribution in [2.24, 2.45) is 0 Å². The molecule has 0 aromatic carbocycles. The summed E-state index contributed by atoms with van der Waals surface area (Å²) in [6.45, 7) is 4.78. The number of Topliss-reactive ketones (excluding diaryl/α,β-unsaturated/α-hetero) is 1. The SMILES string of the molecule is CCOC(=O)CC(=O)CN(C)C(C)COC. The molecule has 0 aromatic rings. The average Bonchev–Trinajstić information content (AvgIpc) is 2.17. The van der Waals surface area contributed by atoms with Gasteiger partial charge in [-0.25, -0.2) is 0 Å². The molecular weight excluding hydrogens is 210 g/mol. The molecule has 0 aromatic heterocycles. The highest BCUT2D eigenvalue weighted by Crippen LogP contribution is 1.98. The maximum absolute atomic E-state index is 11.5. The molecule has 0 aliphatic heterocycles. The van der Waals surface area contributed by atoms with Gasteiger partial charge in [-0.05, 0) is 20.9 Å². The van der Waals surface area contributed by atoms with E-state index in [0.717, 1.165) is 0 Å². The molecule has 0 fully saturated rings. The highest BCUT2D eigenvalue weighted by molar-refractivity contribution is 5.96. The van der Waals surface area contributed by atoms with Gasteiger partial charge in [-0.1, -0.05) is 0 Å². The number of methoxy groups -OCH3 is 1. The van der Waals surface area contributed by atoms with Crippen LogP contribution < -0.4 is 0 Å². The Kier molecular flexibility index (Phi) is 7.76. The predicted octanol–water partition coefficient (Wildman–Crippen LogP) is 0.475. The van der Waals surface area contributed by atoms with E-state index >= 15 is 0 Å². The molecule has 0 amide bonds. The van der Waals surface area contributed by atoms with E-state index in [2.05, 4.69) is 0 Å². The molecule has 0 aliphatic carbocycles. The third kappa shape index (κ3) is 6.53. The van der Waals surface area contributed by atoms with Crippen LogP contribution in [0.4, 0.5) is 0 Å². The van der Waals surface area contributed by atoms with Crippen LogP contribution in [0.5, 0.6) is 0 Å². The molecule has 0 radical (unpaired) electrons. The lowest BCUT2D eigenvalue weighted by Crippen LogP contribution is -2.37. The maximum atomic E-state index is 11.5. The number of ketones is 1. The van der Waals surface area contributed by atoms with Crippen LogP contribution in [0.2, 0.25) is 0 Å². The Morgan fingerprint density at radius 2 is 2.00 bits per heavy atom. The molecular formula is C11H21NO4. The summed E-state index contributed by atoms with van der Waals surface area (Å²) in [5.41, 5.74) is 0. The first-order chi connectivity index (χ1) is 7.51. The van der Waals surface area contributed by atoms with Gasteiger partial charge in [0.25, 0.3) is 0 Å². The number of hydrogen-bond acceptors (Lipinski definition) is 5. The van der Waals surface area contributed by atoms with Crippen LogP contribution in [-0.2, 0) is 19.1 Å². The molecule has 0 rings (SSSR count). The van der Waals surface area contributed by atoms with Gasteiger partial charge in [0.15, 0.2) is 5.78 Å². The summed E-state index contributed by atoms with van der Waals surface area (Å²) < 4.78 is 9.68. The van der Waals surface area contributed by atoms with Gasteiger partial charge in [0, 0.05) is 13.2 Å². The van der Waals surface area contributed by atoms with E-state index < -0.39 is 5.97 Å². The van der Waals surface area contributed by atoms with E-state index in [0.29, 0.717) is 13.2 Å². The molecule has 5 nitrogen and oxygen atoms in total. The first-order valence-corrected chi connectivity index (χ1v) is 5.37. The minimum atomic E-state index is -0.458. The molecule has 0 aliphatic rings. The minimum Gasteiger partial charge on any atom is -0.466 e. The van der Waals surface area contributed by atoms with Crippen LogP contribution in [-0.4, -0.2) is 56.6 Å². The van der Waals surface area contributed by atoms with E-state index in [1.807, 2.05) is 18.9 Å². The Hall–Kier alpha value is -0.940. The summed E-state index contributed by atoms with van der Waals surface area (Å²) in [6, 6.07) is 0.149. The Morgan fingerprint density at radius 3 is 2.50 bits per heavy atom. The molecule has 1 atom stereocenters. The second kappa shape index (κ2) is 8.24. The van der Waals surface area contributed by atoms with Crippen molar-refractivity contribution in [3.05, 3.63) is 0 Å². The zero-order valence-electron chi connectivity index (χ0n) is 10.5. The van der Waals surface area contributed by atoms with E-state index in [1.54, 1.807) is 14.0 Å². The standard InChI is InChI=1S/C11H21NO4/c1-5-16-11(14)6-10(13)7-12(3)9(2)8-15-4/h9H,5-8H2,1-4H3. The lowest BCUT2D eigenvalue weighted by Gasteiger charge is -2.22. The number of hydrogen-bond donors (Lipinski definition) is 0. The third-order valence-corrected chi connectivity index (χ3v) is 2.23. The summed E-state index contributed by atoms with van der Waals surface area (Å²) in [6.07, 6.45) is -0.155. The van der Waals surface area contributed by atoms with Gasteiger partial charge in [0.2, 0.25) is 0 Å². The number of carbonyl (C=O) groups excluding carboxylic acids is 2. The van der Waals surface area contributed by atoms with Gasteiger partial charge in [-0.2, -0.15) is 0 Å². The first kappa shape index (κ1) is 15.1. The highest BCUT2D eigenvalue weighted by atomic mass is 16.5. The summed E-state index contributed by atoms with van der Waals surface area (Å²) in [7, 11) is 3.44. The number of ether oxygens (including phenoxy) is 2. The lowest BCUT2D eigenvalue weighted by molar-refractivity contribution is -0.145. The van der Waals surface area contributed by atoms with Gasteiger partial charge in [0.05, 0.1) is 19.8 Å². The average molecular weight is 231 g/mol. The Bertz CT molecular complexity index is 230. The highest BCUT2D eigenvalue weighted by Gasteiger charge is 2.15. The molecule has 16 heavy (non-hydrogen) atoms. The van der Waals surface area contributed by atoms with Crippen molar-refractivity contribution in [1.29, 1.82) is 0 Å². The van der Waals surface area contributed by atoms with E-state index in [9.17, 15) is 9.59 Å². The quantitative estimate of drug-likeness (QED) is 0.449. The minimum absolute atomic E-state index is 0.135. The summed E-state index contributed by atoms with van der Waals surface area (Å²) >= 11 is 0. The Balaban J connectivity index is 3.90. The number of rotatable bonds is 8. The monoisotopic (exact) mass is 231 g/mol. The van der Waals surface area contributed by atoms with Crippen LogP contribution in [0, 0.1) is 0 Å². The fourth-order valence-corrected chi connectivity index (χ4v) is 1.23. The lowest BCUT2D eigenvalue weighted by atomic mass is 10.2. The third-order valence-electron chi connectivity index (χ3n) is 2.23. The van der Waals surface area contributed by atoms with Gasteiger partial charge in [-0.15, -0.1) is 0 Å². The van der Waals surface area contributed by atoms with E-state index in [-0.39, 0.29) is 24.8 Å². The van der Waals surface area contributed by atoms with Crippen molar-refractivity contribution in [1.82, 2.24) is 4.90 Å². The first-order valence-electron chi connectivity index (χ1n) is 5.37. The van der Waals surface area contributed by atoms with Gasteiger partial charge < -0.3 is 9.47 Å². The smallest absolute Gasteiger partial charge is 0.313 e. The number of carbonyl (C=O) groups is 2. The summed E-state index contributed by atoms with van der Waals surface area (Å²) in [5.74, 6) is -0.593. The molecule has 0 spiro atoms. The van der Waals surface area contributed by atoms with E-state index in [4.69, 9.17) is 9.47 Å². The van der Waals surface area contributed by atoms with Crippen LogP contribution in [0.25, 0.3) is 0 Å². The van der Waals surface area contributed by atoms with Gasteiger partial charge in [0.1, 0.15) is 6.42 Å². The van der Waals surface area contributed by atoms with Crippen molar-refractivity contribution >= 4 is 11.8 Å². The molecule has 5 heteroatoms. The second-order valence-electron chi connectivity index (χ2n) is 3.74. The van der Waals surface area contributed by atoms with Crippen molar-refractivity contribution in [2.75, 3.05) is 33.9 Å². The fraction of sp³-hybridized carbons (Fsp3) is 0.818. The van der Waals surface area contributed by atoms with Gasteiger partial charge in [-0.3, -0.25) is 14.5 Å². The molecule has 0 N–H and O–H groups in total. The normalized spacial score (nSPS) is 12.6.